The summed E-state index contributed by atoms with van der Waals surface area (Å²) in [7, 11) is 0. The Hall–Kier alpha value is -1.84. The van der Waals surface area contributed by atoms with Crippen LogP contribution >= 0.6 is 0 Å². The van der Waals surface area contributed by atoms with Gasteiger partial charge in [-0.15, -0.1) is 0 Å². The maximum atomic E-state index is 12.6. The van der Waals surface area contributed by atoms with E-state index in [9.17, 15) is 9.59 Å². The molecule has 1 aromatic carbocycles. The summed E-state index contributed by atoms with van der Waals surface area (Å²) >= 11 is 0. The average molecular weight is 328 g/mol. The van der Waals surface area contributed by atoms with Gasteiger partial charge in [0.1, 0.15) is 0 Å². The Morgan fingerprint density at radius 1 is 1.17 bits per heavy atom. The highest BCUT2D eigenvalue weighted by atomic mass is 16.2. The molecule has 4 heteroatoms. The van der Waals surface area contributed by atoms with E-state index in [0.717, 1.165) is 30.0 Å². The van der Waals surface area contributed by atoms with Gasteiger partial charge in [0.05, 0.1) is 5.92 Å². The number of carbonyl (C=O) groups is 2. The molecule has 1 heterocycles. The second-order valence-electron chi connectivity index (χ2n) is 7.59. The first-order chi connectivity index (χ1) is 11.5. The zero-order valence-corrected chi connectivity index (χ0v) is 15.0. The van der Waals surface area contributed by atoms with Crippen molar-refractivity contribution in [2.45, 2.75) is 58.9 Å². The Morgan fingerprint density at radius 2 is 1.88 bits per heavy atom. The molecule has 0 spiro atoms. The van der Waals surface area contributed by atoms with Crippen LogP contribution in [0, 0.1) is 25.7 Å². The summed E-state index contributed by atoms with van der Waals surface area (Å²) in [5, 5.41) is 3.18. The fourth-order valence-corrected chi connectivity index (χ4v) is 3.87. The number of benzene rings is 1. The molecule has 1 saturated carbocycles. The molecular weight excluding hydrogens is 300 g/mol. The summed E-state index contributed by atoms with van der Waals surface area (Å²) < 4.78 is 0. The molecule has 1 aromatic rings. The molecule has 130 valence electrons. The van der Waals surface area contributed by atoms with Crippen LogP contribution in [0.3, 0.4) is 0 Å². The summed E-state index contributed by atoms with van der Waals surface area (Å²) in [5.74, 6) is 0.652. The lowest BCUT2D eigenvalue weighted by Crippen LogP contribution is -2.41. The van der Waals surface area contributed by atoms with Crippen LogP contribution in [0.25, 0.3) is 0 Å². The Bertz CT molecular complexity index is 633. The van der Waals surface area contributed by atoms with Gasteiger partial charge in [0, 0.05) is 24.7 Å². The van der Waals surface area contributed by atoms with Crippen LogP contribution in [0.5, 0.6) is 0 Å². The summed E-state index contributed by atoms with van der Waals surface area (Å²) in [6.45, 7) is 6.86. The highest BCUT2D eigenvalue weighted by Gasteiger charge is 2.36. The molecule has 2 aliphatic rings. The van der Waals surface area contributed by atoms with Crippen LogP contribution in [0.15, 0.2) is 18.2 Å². The maximum Gasteiger partial charge on any atom is 0.227 e. The van der Waals surface area contributed by atoms with Crippen LogP contribution in [0.2, 0.25) is 0 Å². The van der Waals surface area contributed by atoms with Gasteiger partial charge in [-0.3, -0.25) is 9.59 Å². The molecule has 1 saturated heterocycles. The molecule has 1 N–H and O–H groups in total. The molecule has 1 aliphatic carbocycles. The molecule has 0 bridgehead atoms. The van der Waals surface area contributed by atoms with E-state index in [1.807, 2.05) is 32.0 Å². The fourth-order valence-electron chi connectivity index (χ4n) is 3.87. The second kappa shape index (κ2) is 6.96. The van der Waals surface area contributed by atoms with E-state index < -0.39 is 0 Å². The number of aryl methyl sites for hydroxylation is 1. The molecular formula is C20H28N2O2. The summed E-state index contributed by atoms with van der Waals surface area (Å²) in [6, 6.07) is 6.29. The first kappa shape index (κ1) is 17.0. The van der Waals surface area contributed by atoms with Gasteiger partial charge in [-0.05, 0) is 62.6 Å². The Labute approximate surface area is 144 Å². The number of amides is 2. The van der Waals surface area contributed by atoms with Crippen molar-refractivity contribution in [1.82, 2.24) is 5.32 Å². The minimum absolute atomic E-state index is 0.0516. The number of nitrogens with one attached hydrogen (secondary N) is 1. The third-order valence-corrected chi connectivity index (χ3v) is 5.72. The molecule has 24 heavy (non-hydrogen) atoms. The highest BCUT2D eigenvalue weighted by Crippen LogP contribution is 2.30. The molecule has 1 atom stereocenters. The summed E-state index contributed by atoms with van der Waals surface area (Å²) in [5.41, 5.74) is 3.24. The number of rotatable bonds is 3. The van der Waals surface area contributed by atoms with Crippen molar-refractivity contribution >= 4 is 17.5 Å². The van der Waals surface area contributed by atoms with Crippen LogP contribution in [0.1, 0.15) is 50.2 Å². The normalized spacial score (nSPS) is 27.4. The predicted octanol–water partition coefficient (Wildman–Crippen LogP) is 3.35. The van der Waals surface area contributed by atoms with Crippen molar-refractivity contribution in [3.63, 3.8) is 0 Å². The van der Waals surface area contributed by atoms with E-state index in [1.54, 1.807) is 4.90 Å². The lowest BCUT2D eigenvalue weighted by Gasteiger charge is -2.28. The molecule has 2 amide bonds. The topological polar surface area (TPSA) is 49.4 Å². The van der Waals surface area contributed by atoms with Gasteiger partial charge < -0.3 is 10.2 Å². The minimum Gasteiger partial charge on any atom is -0.353 e. The largest absolute Gasteiger partial charge is 0.353 e. The van der Waals surface area contributed by atoms with E-state index in [1.165, 1.54) is 18.4 Å². The van der Waals surface area contributed by atoms with Gasteiger partial charge in [-0.1, -0.05) is 19.1 Å². The maximum absolute atomic E-state index is 12.6. The molecule has 1 aliphatic heterocycles. The van der Waals surface area contributed by atoms with Crippen molar-refractivity contribution in [2.75, 3.05) is 11.4 Å². The van der Waals surface area contributed by atoms with Gasteiger partial charge in [0.2, 0.25) is 11.8 Å². The molecule has 0 unspecified atom stereocenters. The van der Waals surface area contributed by atoms with Gasteiger partial charge in [0.25, 0.3) is 0 Å². The van der Waals surface area contributed by atoms with Crippen LogP contribution in [0.4, 0.5) is 5.69 Å². The number of anilines is 1. The van der Waals surface area contributed by atoms with Crippen molar-refractivity contribution in [2.24, 2.45) is 11.8 Å². The van der Waals surface area contributed by atoms with E-state index in [4.69, 9.17) is 0 Å². The van der Waals surface area contributed by atoms with Crippen LogP contribution in [-0.4, -0.2) is 24.4 Å². The number of hydrogen-bond donors (Lipinski definition) is 1. The Kier molecular flexibility index (Phi) is 4.93. The van der Waals surface area contributed by atoms with Crippen molar-refractivity contribution < 1.29 is 9.59 Å². The first-order valence-corrected chi connectivity index (χ1v) is 9.12. The molecule has 2 fully saturated rings. The van der Waals surface area contributed by atoms with Crippen molar-refractivity contribution in [3.8, 4) is 0 Å². The number of carbonyl (C=O) groups excluding carboxylic acids is 2. The number of nitrogens with zero attached hydrogens (tertiary/aromatic N) is 1. The lowest BCUT2D eigenvalue weighted by atomic mass is 9.87. The van der Waals surface area contributed by atoms with Crippen molar-refractivity contribution in [1.29, 1.82) is 0 Å². The predicted molar refractivity (Wildman–Crippen MR) is 95.9 cm³/mol. The van der Waals surface area contributed by atoms with Gasteiger partial charge in [-0.2, -0.15) is 0 Å². The third kappa shape index (κ3) is 3.47. The lowest BCUT2D eigenvalue weighted by molar-refractivity contribution is -0.127. The van der Waals surface area contributed by atoms with E-state index in [-0.39, 0.29) is 17.7 Å². The fraction of sp³-hybridized carbons (Fsp3) is 0.600. The van der Waals surface area contributed by atoms with Gasteiger partial charge >= 0.3 is 0 Å². The SMILES string of the molecule is Cc1cccc(N2C[C@H](C(=O)NC3CCC(C)CC3)CC2=O)c1C. The number of hydrogen-bond acceptors (Lipinski definition) is 2. The first-order valence-electron chi connectivity index (χ1n) is 9.12. The Morgan fingerprint density at radius 3 is 2.58 bits per heavy atom. The quantitative estimate of drug-likeness (QED) is 0.925. The zero-order valence-electron chi connectivity index (χ0n) is 15.0. The summed E-state index contributed by atoms with van der Waals surface area (Å²) in [6.07, 6.45) is 4.82. The van der Waals surface area contributed by atoms with E-state index in [2.05, 4.69) is 12.2 Å². The average Bonchev–Trinajstić information content (AvgIpc) is 2.94. The molecule has 4 nitrogen and oxygen atoms in total. The highest BCUT2D eigenvalue weighted by molar-refractivity contribution is 6.00. The Balaban J connectivity index is 1.64. The molecule has 0 aromatic heterocycles. The van der Waals surface area contributed by atoms with Crippen LogP contribution < -0.4 is 10.2 Å². The monoisotopic (exact) mass is 328 g/mol. The van der Waals surface area contributed by atoms with E-state index in [0.29, 0.717) is 19.0 Å². The smallest absolute Gasteiger partial charge is 0.227 e. The minimum atomic E-state index is -0.225. The van der Waals surface area contributed by atoms with Crippen LogP contribution in [-0.2, 0) is 9.59 Å². The third-order valence-electron chi connectivity index (χ3n) is 5.72. The van der Waals surface area contributed by atoms with Gasteiger partial charge in [-0.25, -0.2) is 0 Å². The van der Waals surface area contributed by atoms with E-state index >= 15 is 0 Å². The van der Waals surface area contributed by atoms with Gasteiger partial charge in [0.15, 0.2) is 0 Å². The molecule has 0 radical (unpaired) electrons. The molecule has 3 rings (SSSR count). The van der Waals surface area contributed by atoms with Crippen molar-refractivity contribution in [3.05, 3.63) is 29.3 Å². The summed E-state index contributed by atoms with van der Waals surface area (Å²) in [4.78, 5) is 26.8. The second-order valence-corrected chi connectivity index (χ2v) is 7.59. The zero-order chi connectivity index (χ0) is 17.3. The standard InChI is InChI=1S/C20H28N2O2/c1-13-7-9-17(10-8-13)21-20(24)16-11-19(23)22(12-16)18-6-4-5-14(2)15(18)3/h4-6,13,16-17H,7-12H2,1-3H3,(H,21,24)/t13?,16-,17?/m1/s1.